The Bertz CT molecular complexity index is 695. The molecule has 0 amide bonds. The SMILES string of the molecule is N#Cc1cccc(NCc2cc(F)cc([N+](=O)[O-])c2)c1. The molecular formula is C14H10FN3O2. The second-order valence-corrected chi connectivity index (χ2v) is 4.12. The molecule has 0 heterocycles. The zero-order valence-corrected chi connectivity index (χ0v) is 10.3. The summed E-state index contributed by atoms with van der Waals surface area (Å²) in [6, 6.07) is 12.2. The number of nitriles is 1. The molecule has 1 N–H and O–H groups in total. The maximum atomic E-state index is 13.3. The van der Waals surface area contributed by atoms with Crippen LogP contribution in [0.2, 0.25) is 0 Å². The van der Waals surface area contributed by atoms with Gasteiger partial charge in [-0.2, -0.15) is 5.26 Å². The lowest BCUT2D eigenvalue weighted by Gasteiger charge is -2.07. The summed E-state index contributed by atoms with van der Waals surface area (Å²) in [6.07, 6.45) is 0. The van der Waals surface area contributed by atoms with E-state index < -0.39 is 10.7 Å². The Morgan fingerprint density at radius 1 is 1.30 bits per heavy atom. The van der Waals surface area contributed by atoms with E-state index in [0.29, 0.717) is 16.8 Å². The van der Waals surface area contributed by atoms with Crippen molar-refractivity contribution in [2.45, 2.75) is 6.54 Å². The summed E-state index contributed by atoms with van der Waals surface area (Å²) in [7, 11) is 0. The summed E-state index contributed by atoms with van der Waals surface area (Å²) in [4.78, 5) is 10.0. The highest BCUT2D eigenvalue weighted by molar-refractivity contribution is 5.49. The third-order valence-corrected chi connectivity index (χ3v) is 2.64. The zero-order chi connectivity index (χ0) is 14.5. The molecule has 100 valence electrons. The molecule has 0 atom stereocenters. The van der Waals surface area contributed by atoms with Gasteiger partial charge in [0.05, 0.1) is 22.6 Å². The number of rotatable bonds is 4. The van der Waals surface area contributed by atoms with Crippen LogP contribution in [-0.4, -0.2) is 4.92 Å². The number of halogens is 1. The topological polar surface area (TPSA) is 79.0 Å². The van der Waals surface area contributed by atoms with Gasteiger partial charge < -0.3 is 5.32 Å². The van der Waals surface area contributed by atoms with Crippen LogP contribution in [0, 0.1) is 27.3 Å². The van der Waals surface area contributed by atoms with Gasteiger partial charge >= 0.3 is 0 Å². The molecule has 2 aromatic rings. The van der Waals surface area contributed by atoms with Gasteiger partial charge in [-0.25, -0.2) is 4.39 Å². The lowest BCUT2D eigenvalue weighted by molar-refractivity contribution is -0.385. The molecule has 0 aliphatic heterocycles. The summed E-state index contributed by atoms with van der Waals surface area (Å²) >= 11 is 0. The maximum Gasteiger partial charge on any atom is 0.272 e. The van der Waals surface area contributed by atoms with Crippen molar-refractivity contribution in [2.75, 3.05) is 5.32 Å². The van der Waals surface area contributed by atoms with Crippen LogP contribution in [0.25, 0.3) is 0 Å². The Morgan fingerprint density at radius 3 is 2.80 bits per heavy atom. The van der Waals surface area contributed by atoms with E-state index in [1.165, 1.54) is 12.1 Å². The van der Waals surface area contributed by atoms with Crippen LogP contribution < -0.4 is 5.32 Å². The second-order valence-electron chi connectivity index (χ2n) is 4.12. The van der Waals surface area contributed by atoms with Gasteiger partial charge in [0, 0.05) is 18.3 Å². The number of nitrogens with zero attached hydrogens (tertiary/aromatic N) is 2. The number of nitro benzene ring substituents is 1. The Labute approximate surface area is 114 Å². The zero-order valence-electron chi connectivity index (χ0n) is 10.3. The quantitative estimate of drug-likeness (QED) is 0.684. The van der Waals surface area contributed by atoms with Crippen LogP contribution in [0.3, 0.4) is 0 Å². The molecule has 0 saturated heterocycles. The first-order valence-corrected chi connectivity index (χ1v) is 5.76. The highest BCUT2D eigenvalue weighted by Gasteiger charge is 2.09. The van der Waals surface area contributed by atoms with Gasteiger partial charge in [-0.05, 0) is 29.8 Å². The van der Waals surface area contributed by atoms with Crippen LogP contribution in [0.1, 0.15) is 11.1 Å². The highest BCUT2D eigenvalue weighted by atomic mass is 19.1. The van der Waals surface area contributed by atoms with Crippen molar-refractivity contribution in [3.05, 3.63) is 69.5 Å². The largest absolute Gasteiger partial charge is 0.381 e. The molecule has 5 nitrogen and oxygen atoms in total. The minimum absolute atomic E-state index is 0.230. The summed E-state index contributed by atoms with van der Waals surface area (Å²) in [5.41, 5.74) is 1.36. The van der Waals surface area contributed by atoms with Crippen molar-refractivity contribution in [1.82, 2.24) is 0 Å². The number of nitro groups is 1. The van der Waals surface area contributed by atoms with E-state index in [4.69, 9.17) is 5.26 Å². The normalized spacial score (nSPS) is 9.80. The predicted octanol–water partition coefficient (Wildman–Crippen LogP) is 3.22. The van der Waals surface area contributed by atoms with Crippen LogP contribution in [-0.2, 0) is 6.54 Å². The van der Waals surface area contributed by atoms with E-state index in [-0.39, 0.29) is 12.2 Å². The second kappa shape index (κ2) is 5.80. The number of anilines is 1. The van der Waals surface area contributed by atoms with Crippen molar-refractivity contribution in [1.29, 1.82) is 5.26 Å². The monoisotopic (exact) mass is 271 g/mol. The van der Waals surface area contributed by atoms with Crippen molar-refractivity contribution in [3.63, 3.8) is 0 Å². The average molecular weight is 271 g/mol. The average Bonchev–Trinajstić information content (AvgIpc) is 2.44. The van der Waals surface area contributed by atoms with E-state index in [0.717, 1.165) is 6.07 Å². The van der Waals surface area contributed by atoms with Gasteiger partial charge in [0.15, 0.2) is 0 Å². The minimum atomic E-state index is -0.651. The Balaban J connectivity index is 2.14. The number of non-ortho nitro benzene ring substituents is 1. The number of benzene rings is 2. The van der Waals surface area contributed by atoms with Gasteiger partial charge in [-0.3, -0.25) is 10.1 Å². The molecule has 2 aromatic carbocycles. The molecule has 0 saturated carbocycles. The van der Waals surface area contributed by atoms with Crippen LogP contribution in [0.4, 0.5) is 15.8 Å². The Hall–Kier alpha value is -2.94. The summed E-state index contributed by atoms with van der Waals surface area (Å²) in [5, 5.41) is 22.4. The molecular weight excluding hydrogens is 261 g/mol. The standard InChI is InChI=1S/C14H10FN3O2/c15-12-4-11(6-14(7-12)18(19)20)9-17-13-3-1-2-10(5-13)8-16/h1-7,17H,9H2. The van der Waals surface area contributed by atoms with Crippen LogP contribution in [0.15, 0.2) is 42.5 Å². The Kier molecular flexibility index (Phi) is 3.91. The molecule has 20 heavy (non-hydrogen) atoms. The van der Waals surface area contributed by atoms with Gasteiger partial charge in [-0.15, -0.1) is 0 Å². The molecule has 0 aliphatic rings. The highest BCUT2D eigenvalue weighted by Crippen LogP contribution is 2.18. The molecule has 0 unspecified atom stereocenters. The van der Waals surface area contributed by atoms with E-state index >= 15 is 0 Å². The number of nitrogens with one attached hydrogen (secondary N) is 1. The lowest BCUT2D eigenvalue weighted by Crippen LogP contribution is -2.01. The van der Waals surface area contributed by atoms with Gasteiger partial charge in [0.25, 0.3) is 5.69 Å². The predicted molar refractivity (Wildman–Crippen MR) is 71.5 cm³/mol. The number of hydrogen-bond acceptors (Lipinski definition) is 4. The minimum Gasteiger partial charge on any atom is -0.381 e. The maximum absolute atomic E-state index is 13.3. The molecule has 0 bridgehead atoms. The molecule has 0 spiro atoms. The molecule has 2 rings (SSSR count). The van der Waals surface area contributed by atoms with Gasteiger partial charge in [-0.1, -0.05) is 6.07 Å². The summed E-state index contributed by atoms with van der Waals surface area (Å²) < 4.78 is 13.3. The summed E-state index contributed by atoms with van der Waals surface area (Å²) in [6.45, 7) is 0.230. The fourth-order valence-electron chi connectivity index (χ4n) is 1.74. The van der Waals surface area contributed by atoms with Crippen molar-refractivity contribution in [2.24, 2.45) is 0 Å². The fourth-order valence-corrected chi connectivity index (χ4v) is 1.74. The smallest absolute Gasteiger partial charge is 0.272 e. The van der Waals surface area contributed by atoms with E-state index in [2.05, 4.69) is 5.32 Å². The van der Waals surface area contributed by atoms with Gasteiger partial charge in [0.2, 0.25) is 0 Å². The molecule has 0 fully saturated rings. The Morgan fingerprint density at radius 2 is 2.10 bits per heavy atom. The van der Waals surface area contributed by atoms with E-state index in [1.807, 2.05) is 6.07 Å². The number of hydrogen-bond donors (Lipinski definition) is 1. The van der Waals surface area contributed by atoms with Crippen LogP contribution >= 0.6 is 0 Å². The van der Waals surface area contributed by atoms with E-state index in [1.54, 1.807) is 24.3 Å². The molecule has 0 aromatic heterocycles. The van der Waals surface area contributed by atoms with Crippen molar-refractivity contribution < 1.29 is 9.31 Å². The first-order valence-electron chi connectivity index (χ1n) is 5.76. The third kappa shape index (κ3) is 3.29. The van der Waals surface area contributed by atoms with Crippen molar-refractivity contribution >= 4 is 11.4 Å². The van der Waals surface area contributed by atoms with Crippen molar-refractivity contribution in [3.8, 4) is 6.07 Å². The lowest BCUT2D eigenvalue weighted by atomic mass is 10.1. The van der Waals surface area contributed by atoms with Crippen LogP contribution in [0.5, 0.6) is 0 Å². The molecule has 6 heteroatoms. The fraction of sp³-hybridized carbons (Fsp3) is 0.0714. The van der Waals surface area contributed by atoms with Gasteiger partial charge in [0.1, 0.15) is 5.82 Å². The third-order valence-electron chi connectivity index (χ3n) is 2.64. The first-order chi connectivity index (χ1) is 9.58. The first kappa shape index (κ1) is 13.5. The summed E-state index contributed by atoms with van der Waals surface area (Å²) in [5.74, 6) is -0.651. The molecule has 0 aliphatic carbocycles. The molecule has 0 radical (unpaired) electrons. The van der Waals surface area contributed by atoms with E-state index in [9.17, 15) is 14.5 Å².